The summed E-state index contributed by atoms with van der Waals surface area (Å²) in [5.41, 5.74) is 4.52. The predicted octanol–water partition coefficient (Wildman–Crippen LogP) is 2.53. The molecule has 1 amide bonds. The fraction of sp³-hybridized carbons (Fsp3) is 0.100. The van der Waals surface area contributed by atoms with Crippen molar-refractivity contribution in [3.63, 3.8) is 0 Å². The minimum absolute atomic E-state index is 0.00882. The average molecular weight is 376 g/mol. The van der Waals surface area contributed by atoms with Gasteiger partial charge in [-0.1, -0.05) is 72.4 Å². The number of hydrogen-bond acceptors (Lipinski definition) is 5. The van der Waals surface area contributed by atoms with Crippen molar-refractivity contribution in [2.75, 3.05) is 5.75 Å². The predicted molar refractivity (Wildman–Crippen MR) is 105 cm³/mol. The average Bonchev–Trinajstić information content (AvgIpc) is 3.20. The molecule has 0 saturated carbocycles. The molecule has 1 N–H and O–H groups in total. The van der Waals surface area contributed by atoms with Crippen LogP contribution in [-0.2, 0) is 6.54 Å². The van der Waals surface area contributed by atoms with Gasteiger partial charge in [-0.05, 0) is 0 Å². The van der Waals surface area contributed by atoms with Gasteiger partial charge in [-0.2, -0.15) is 5.10 Å². The third-order valence-corrected chi connectivity index (χ3v) is 5.14. The van der Waals surface area contributed by atoms with E-state index >= 15 is 0 Å². The molecular weight excluding hydrogens is 360 g/mol. The highest BCUT2D eigenvalue weighted by Crippen LogP contribution is 2.20. The number of thioether (sulfide) groups is 1. The Labute approximate surface area is 160 Å². The summed E-state index contributed by atoms with van der Waals surface area (Å²) in [6.45, 7) is 0.565. The second-order valence-electron chi connectivity index (χ2n) is 5.89. The van der Waals surface area contributed by atoms with Crippen molar-refractivity contribution in [2.24, 2.45) is 5.10 Å². The molecule has 0 aliphatic carbocycles. The van der Waals surface area contributed by atoms with Crippen LogP contribution in [0.4, 0.5) is 0 Å². The topological polar surface area (TPSA) is 76.3 Å². The minimum atomic E-state index is -0.566. The van der Waals surface area contributed by atoms with E-state index in [1.807, 2.05) is 60.7 Å². The molecule has 2 aromatic carbocycles. The first kappa shape index (κ1) is 17.2. The van der Waals surface area contributed by atoms with E-state index in [1.54, 1.807) is 0 Å². The fourth-order valence-electron chi connectivity index (χ4n) is 2.83. The van der Waals surface area contributed by atoms with E-state index in [-0.39, 0.29) is 11.1 Å². The van der Waals surface area contributed by atoms with E-state index < -0.39 is 5.91 Å². The highest BCUT2D eigenvalue weighted by Gasteiger charge is 2.20. The van der Waals surface area contributed by atoms with Crippen LogP contribution in [-0.4, -0.2) is 26.9 Å². The van der Waals surface area contributed by atoms with Gasteiger partial charge in [0.15, 0.2) is 5.16 Å². The van der Waals surface area contributed by atoms with E-state index in [0.29, 0.717) is 17.4 Å². The lowest BCUT2D eigenvalue weighted by Gasteiger charge is -2.08. The first-order valence-corrected chi connectivity index (χ1v) is 9.44. The molecule has 3 aromatic rings. The second kappa shape index (κ2) is 7.59. The summed E-state index contributed by atoms with van der Waals surface area (Å²) >= 11 is 1.51. The van der Waals surface area contributed by atoms with Crippen LogP contribution in [0.3, 0.4) is 0 Å². The zero-order valence-corrected chi connectivity index (χ0v) is 15.1. The molecule has 1 aliphatic rings. The zero-order valence-electron chi connectivity index (χ0n) is 14.3. The SMILES string of the molecule is O=C(NN=C(c1ccccc1)c1ccccc1)c1cnc2n(c1=O)CCS2. The minimum Gasteiger partial charge on any atom is -0.286 e. The Kier molecular flexibility index (Phi) is 4.84. The Morgan fingerprint density at radius 3 is 2.30 bits per heavy atom. The van der Waals surface area contributed by atoms with Crippen molar-refractivity contribution in [1.82, 2.24) is 15.0 Å². The van der Waals surface area contributed by atoms with Gasteiger partial charge in [-0.15, -0.1) is 0 Å². The van der Waals surface area contributed by atoms with Crippen LogP contribution in [0.5, 0.6) is 0 Å². The number of nitrogens with one attached hydrogen (secondary N) is 1. The molecule has 0 unspecified atom stereocenters. The van der Waals surface area contributed by atoms with Gasteiger partial charge in [0.25, 0.3) is 11.5 Å². The van der Waals surface area contributed by atoms with Crippen LogP contribution in [0.15, 0.2) is 81.9 Å². The van der Waals surface area contributed by atoms with E-state index in [4.69, 9.17) is 0 Å². The molecule has 0 saturated heterocycles. The number of amides is 1. The standard InChI is InChI=1S/C20H16N4O2S/c25-18(16-13-21-20-24(19(16)26)11-12-27-20)23-22-17(14-7-3-1-4-8-14)15-9-5-2-6-10-15/h1-10,13H,11-12H2,(H,23,25). The fourth-order valence-corrected chi connectivity index (χ4v) is 3.74. The summed E-state index contributed by atoms with van der Waals surface area (Å²) in [7, 11) is 0. The molecule has 0 bridgehead atoms. The number of aromatic nitrogens is 2. The van der Waals surface area contributed by atoms with Crippen LogP contribution in [0.2, 0.25) is 0 Å². The summed E-state index contributed by atoms with van der Waals surface area (Å²) in [5.74, 6) is 0.224. The maximum atomic E-state index is 12.6. The van der Waals surface area contributed by atoms with Gasteiger partial charge >= 0.3 is 0 Å². The molecule has 1 aliphatic heterocycles. The van der Waals surface area contributed by atoms with Gasteiger partial charge in [0.1, 0.15) is 5.56 Å². The van der Waals surface area contributed by atoms with Crippen molar-refractivity contribution in [1.29, 1.82) is 0 Å². The Hall–Kier alpha value is -3.19. The van der Waals surface area contributed by atoms with Crippen LogP contribution < -0.4 is 11.0 Å². The molecule has 27 heavy (non-hydrogen) atoms. The quantitative estimate of drug-likeness (QED) is 0.431. The lowest BCUT2D eigenvalue weighted by Crippen LogP contribution is -2.32. The highest BCUT2D eigenvalue weighted by molar-refractivity contribution is 7.99. The van der Waals surface area contributed by atoms with Crippen molar-refractivity contribution >= 4 is 23.4 Å². The van der Waals surface area contributed by atoms with Crippen LogP contribution in [0.25, 0.3) is 0 Å². The summed E-state index contributed by atoms with van der Waals surface area (Å²) in [6, 6.07) is 19.1. The number of rotatable bonds is 4. The van der Waals surface area contributed by atoms with Crippen molar-refractivity contribution in [3.8, 4) is 0 Å². The molecule has 4 rings (SSSR count). The number of hydrazone groups is 1. The molecule has 1 aromatic heterocycles. The van der Waals surface area contributed by atoms with Gasteiger partial charge < -0.3 is 0 Å². The highest BCUT2D eigenvalue weighted by atomic mass is 32.2. The molecule has 0 atom stereocenters. The molecular formula is C20H16N4O2S. The molecule has 0 fully saturated rings. The monoisotopic (exact) mass is 376 g/mol. The van der Waals surface area contributed by atoms with Crippen LogP contribution in [0, 0.1) is 0 Å². The lowest BCUT2D eigenvalue weighted by atomic mass is 10.0. The number of fused-ring (bicyclic) bond motifs is 1. The van der Waals surface area contributed by atoms with Crippen molar-refractivity contribution in [3.05, 3.63) is 93.9 Å². The van der Waals surface area contributed by atoms with Gasteiger partial charge in [-0.3, -0.25) is 14.2 Å². The molecule has 0 radical (unpaired) electrons. The summed E-state index contributed by atoms with van der Waals surface area (Å²) in [5, 5.41) is 4.96. The number of hydrogen-bond donors (Lipinski definition) is 1. The number of nitrogens with zero attached hydrogens (tertiary/aromatic N) is 3. The molecule has 6 nitrogen and oxygen atoms in total. The first-order chi connectivity index (χ1) is 13.2. The Morgan fingerprint density at radius 2 is 1.67 bits per heavy atom. The molecule has 0 spiro atoms. The molecule has 7 heteroatoms. The Morgan fingerprint density at radius 1 is 1.04 bits per heavy atom. The summed E-state index contributed by atoms with van der Waals surface area (Å²) in [4.78, 5) is 29.2. The Bertz CT molecular complexity index is 1020. The Balaban J connectivity index is 1.67. The largest absolute Gasteiger partial charge is 0.286 e. The van der Waals surface area contributed by atoms with Gasteiger partial charge in [0.2, 0.25) is 0 Å². The molecule has 2 heterocycles. The maximum absolute atomic E-state index is 12.6. The smallest absolute Gasteiger partial charge is 0.278 e. The zero-order chi connectivity index (χ0) is 18.6. The van der Waals surface area contributed by atoms with Crippen LogP contribution in [0.1, 0.15) is 21.5 Å². The third kappa shape index (κ3) is 3.54. The number of carbonyl (C=O) groups excluding carboxylic acids is 1. The van der Waals surface area contributed by atoms with Gasteiger partial charge in [-0.25, -0.2) is 10.4 Å². The maximum Gasteiger partial charge on any atom is 0.278 e. The van der Waals surface area contributed by atoms with Crippen LogP contribution >= 0.6 is 11.8 Å². The van der Waals surface area contributed by atoms with Gasteiger partial charge in [0.05, 0.1) is 5.71 Å². The first-order valence-electron chi connectivity index (χ1n) is 8.45. The molecule has 134 valence electrons. The summed E-state index contributed by atoms with van der Waals surface area (Å²) < 4.78 is 1.53. The van der Waals surface area contributed by atoms with Crippen molar-refractivity contribution in [2.45, 2.75) is 11.7 Å². The number of carbonyl (C=O) groups is 1. The third-order valence-electron chi connectivity index (χ3n) is 4.16. The van der Waals surface area contributed by atoms with Gasteiger partial charge in [0, 0.05) is 29.6 Å². The summed E-state index contributed by atoms with van der Waals surface area (Å²) in [6.07, 6.45) is 1.32. The van der Waals surface area contributed by atoms with E-state index in [9.17, 15) is 9.59 Å². The lowest BCUT2D eigenvalue weighted by molar-refractivity contribution is 0.0952. The van der Waals surface area contributed by atoms with E-state index in [0.717, 1.165) is 16.9 Å². The van der Waals surface area contributed by atoms with Crippen molar-refractivity contribution < 1.29 is 4.79 Å². The van der Waals surface area contributed by atoms with E-state index in [2.05, 4.69) is 15.5 Å². The normalized spacial score (nSPS) is 12.3. The van der Waals surface area contributed by atoms with E-state index in [1.165, 1.54) is 22.5 Å². The number of benzene rings is 2. The second-order valence-corrected chi connectivity index (χ2v) is 6.96.